The first kappa shape index (κ1) is 42.7. The molecule has 0 amide bonds. The first-order valence-electron chi connectivity index (χ1n) is 26.0. The molecule has 0 saturated heterocycles. The van der Waals surface area contributed by atoms with E-state index in [2.05, 4.69) is 109 Å². The summed E-state index contributed by atoms with van der Waals surface area (Å²) in [5, 5.41) is 12.6. The topological polar surface area (TPSA) is 50.9 Å². The summed E-state index contributed by atoms with van der Waals surface area (Å²) in [7, 11) is 0. The van der Waals surface area contributed by atoms with Gasteiger partial charge in [0.1, 0.15) is 11.6 Å². The fourth-order valence-corrected chi connectivity index (χ4v) is 9.02. The summed E-state index contributed by atoms with van der Waals surface area (Å²) < 4.78 is 47.8. The van der Waals surface area contributed by atoms with Gasteiger partial charge in [-0.3, -0.25) is 9.55 Å². The largest absolute Gasteiger partial charge is 0.507 e. The van der Waals surface area contributed by atoms with Crippen LogP contribution < -0.4 is 0 Å². The average molecular weight is 1090 g/mol. The Balaban J connectivity index is 0.00000729. The van der Waals surface area contributed by atoms with Crippen LogP contribution in [0, 0.1) is 19.8 Å². The van der Waals surface area contributed by atoms with E-state index in [4.69, 9.17) is 14.1 Å². The number of aromatic hydroxyl groups is 1. The van der Waals surface area contributed by atoms with Crippen LogP contribution in [-0.4, -0.2) is 19.6 Å². The number of phenols is 1. The smallest absolute Gasteiger partial charge is 0.148 e. The van der Waals surface area contributed by atoms with E-state index < -0.39 is 18.6 Å². The van der Waals surface area contributed by atoms with Crippen molar-refractivity contribution in [3.8, 4) is 78.6 Å². The Hall–Kier alpha value is -6.35. The van der Waals surface area contributed by atoms with Crippen molar-refractivity contribution < 1.29 is 33.0 Å². The van der Waals surface area contributed by atoms with Crippen LogP contribution >= 0.6 is 0 Å². The Kier molecular flexibility index (Phi) is 11.9. The summed E-state index contributed by atoms with van der Waals surface area (Å²) in [6.07, 6.45) is 1.84. The van der Waals surface area contributed by atoms with E-state index >= 15 is 0 Å². The van der Waals surface area contributed by atoms with Crippen LogP contribution in [0.3, 0.4) is 0 Å². The molecule has 0 aliphatic heterocycles. The molecule has 1 N–H and O–H groups in total. The van der Waals surface area contributed by atoms with Gasteiger partial charge in [-0.1, -0.05) is 189 Å². The van der Waals surface area contributed by atoms with E-state index in [-0.39, 0.29) is 43.2 Å². The molecule has 0 radical (unpaired) electrons. The Bertz CT molecular complexity index is 3530. The van der Waals surface area contributed by atoms with Gasteiger partial charge in [-0.25, -0.2) is 4.98 Å². The van der Waals surface area contributed by atoms with Crippen LogP contribution in [0.15, 0.2) is 152 Å². The van der Waals surface area contributed by atoms with Gasteiger partial charge in [-0.15, -0.1) is 29.3 Å². The maximum atomic E-state index is 12.6. The fraction of sp³-hybridized carbons (Fsp3) is 0.250. The number of imidazole rings is 1. The van der Waals surface area contributed by atoms with Gasteiger partial charge in [0.15, 0.2) is 0 Å². The summed E-state index contributed by atoms with van der Waals surface area (Å²) in [6, 6.07) is 52.0. The van der Waals surface area contributed by atoms with Gasteiger partial charge in [0.25, 0.3) is 0 Å². The predicted molar refractivity (Wildman–Crippen MR) is 287 cm³/mol. The maximum Gasteiger partial charge on any atom is 0.148 e. The van der Waals surface area contributed by atoms with E-state index in [1.54, 1.807) is 45.9 Å². The minimum atomic E-state index is -2.55. The molecule has 0 spiro atoms. The minimum Gasteiger partial charge on any atom is -0.507 e. The van der Waals surface area contributed by atoms with Crippen molar-refractivity contribution in [1.82, 2.24) is 14.5 Å². The van der Waals surface area contributed by atoms with Crippen molar-refractivity contribution >= 4 is 11.0 Å². The number of phenolic OH excluding ortho intramolecular Hbond substituents is 1. The third kappa shape index (κ3) is 9.79. The average Bonchev–Trinajstić information content (AvgIpc) is 3.72. The van der Waals surface area contributed by atoms with E-state index in [0.717, 1.165) is 61.3 Å². The molecule has 0 bridgehead atoms. The fourth-order valence-electron chi connectivity index (χ4n) is 9.02. The van der Waals surface area contributed by atoms with Crippen LogP contribution in [0.4, 0.5) is 0 Å². The zero-order valence-electron chi connectivity index (χ0n) is 46.5. The second kappa shape index (κ2) is 19.2. The van der Waals surface area contributed by atoms with Gasteiger partial charge in [0.2, 0.25) is 0 Å². The summed E-state index contributed by atoms with van der Waals surface area (Å²) in [5.74, 6) is -2.20. The molecule has 352 valence electrons. The molecular formula is C64H64N3OPt-. The molecule has 0 fully saturated rings. The number of benzene rings is 7. The molecule has 4 nitrogen and oxygen atoms in total. The quantitative estimate of drug-likeness (QED) is 0.147. The van der Waals surface area contributed by atoms with Crippen LogP contribution in [0.1, 0.15) is 121 Å². The van der Waals surface area contributed by atoms with Crippen molar-refractivity contribution in [2.45, 2.75) is 106 Å². The van der Waals surface area contributed by atoms with E-state index in [1.165, 1.54) is 5.56 Å². The van der Waals surface area contributed by atoms with E-state index in [0.29, 0.717) is 44.8 Å². The van der Waals surface area contributed by atoms with Gasteiger partial charge >= 0.3 is 0 Å². The number of fused-ring (bicyclic) bond motifs is 1. The number of hydrogen-bond donors (Lipinski definition) is 1. The van der Waals surface area contributed by atoms with Crippen LogP contribution in [-0.2, 0) is 31.9 Å². The molecule has 0 aliphatic carbocycles. The molecule has 2 heterocycles. The van der Waals surface area contributed by atoms with Gasteiger partial charge in [-0.2, -0.15) is 0 Å². The standard InChI is InChI=1S/C64H64N3O.Pt/c1-39(2)47-35-53(40(3)4)61(68)56(36-47)62-66-60-52(48-32-49(34-51(33-48)64(10,11)12)57-37-46(29-30-65-57)43-23-21-41(5)22-24-43)19-16-20-58(60)67(62)59-31-42(6)54(38-55(59)44-17-14-13-15-18-44)45-25-27-50(28-26-45)63(7,8)9;/h13-31,33-40,68H,1-12H3;/q-1;/i6D3,39D,40D;. The Morgan fingerprint density at radius 3 is 1.93 bits per heavy atom. The summed E-state index contributed by atoms with van der Waals surface area (Å²) in [5.41, 5.74) is 14.4. The van der Waals surface area contributed by atoms with Crippen molar-refractivity contribution in [2.24, 2.45) is 0 Å². The van der Waals surface area contributed by atoms with Crippen molar-refractivity contribution in [3.05, 3.63) is 191 Å². The first-order chi connectivity index (χ1) is 34.2. The zero-order valence-corrected chi connectivity index (χ0v) is 43.8. The molecule has 2 aromatic heterocycles. The molecule has 0 atom stereocenters. The Morgan fingerprint density at radius 1 is 0.609 bits per heavy atom. The number of pyridine rings is 1. The van der Waals surface area contributed by atoms with Gasteiger partial charge in [-0.05, 0) is 117 Å². The van der Waals surface area contributed by atoms with Crippen LogP contribution in [0.5, 0.6) is 5.75 Å². The third-order valence-electron chi connectivity index (χ3n) is 13.1. The number of aryl methyl sites for hydroxylation is 2. The number of hydrogen-bond acceptors (Lipinski definition) is 3. The number of nitrogens with zero attached hydrogens (tertiary/aromatic N) is 3. The molecule has 5 heteroatoms. The Labute approximate surface area is 431 Å². The molecular weight excluding hydrogens is 1020 g/mol. The van der Waals surface area contributed by atoms with Crippen LogP contribution in [0.25, 0.3) is 83.9 Å². The SMILES string of the molecule is [2H]C([2H])([2H])c1cc(-n2c(-c3cc(C([2H])(C)C)cc(C([2H])(C)C)c3O)nc3c(-c4[c-]c(-c5cc(-c6ccc(C)cc6)ccn5)cc(C(C)(C)C)c4)cccc32)c(-c2ccccc2)cc1-c1ccc(C(C)(C)C)cc1.[Pt]. The van der Waals surface area contributed by atoms with Crippen molar-refractivity contribution in [3.63, 3.8) is 0 Å². The maximum absolute atomic E-state index is 12.6. The normalized spacial score (nSPS) is 13.5. The Morgan fingerprint density at radius 2 is 1.28 bits per heavy atom. The zero-order chi connectivity index (χ0) is 52.6. The third-order valence-corrected chi connectivity index (χ3v) is 13.1. The van der Waals surface area contributed by atoms with Crippen molar-refractivity contribution in [1.29, 1.82) is 0 Å². The molecule has 9 rings (SSSR count). The van der Waals surface area contributed by atoms with E-state index in [9.17, 15) is 7.85 Å². The first-order valence-corrected chi connectivity index (χ1v) is 23.5. The predicted octanol–water partition coefficient (Wildman–Crippen LogP) is 17.4. The van der Waals surface area contributed by atoms with Crippen LogP contribution in [0.2, 0.25) is 0 Å². The second-order valence-corrected chi connectivity index (χ2v) is 20.7. The second-order valence-electron chi connectivity index (χ2n) is 20.7. The van der Waals surface area contributed by atoms with Gasteiger partial charge in [0, 0.05) is 45.4 Å². The molecule has 0 saturated carbocycles. The van der Waals surface area contributed by atoms with Crippen molar-refractivity contribution in [2.75, 3.05) is 0 Å². The van der Waals surface area contributed by atoms with Gasteiger partial charge in [0.05, 0.1) is 22.3 Å². The monoisotopic (exact) mass is 1090 g/mol. The number of para-hydroxylation sites is 1. The number of aromatic nitrogens is 3. The molecule has 0 unspecified atom stereocenters. The number of rotatable bonds is 9. The minimum absolute atomic E-state index is 0. The molecule has 0 aliphatic rings. The summed E-state index contributed by atoms with van der Waals surface area (Å²) in [4.78, 5) is 10.4. The van der Waals surface area contributed by atoms with Gasteiger partial charge < -0.3 is 5.11 Å². The molecule has 9 aromatic rings. The summed E-state index contributed by atoms with van der Waals surface area (Å²) >= 11 is 0. The molecule has 7 aromatic carbocycles. The summed E-state index contributed by atoms with van der Waals surface area (Å²) in [6.45, 7) is 19.6. The molecule has 69 heavy (non-hydrogen) atoms. The van der Waals surface area contributed by atoms with E-state index in [1.807, 2.05) is 83.6 Å².